The van der Waals surface area contributed by atoms with Crippen LogP contribution in [-0.2, 0) is 4.74 Å². The van der Waals surface area contributed by atoms with E-state index in [4.69, 9.17) is 14.7 Å². The van der Waals surface area contributed by atoms with Crippen LogP contribution in [-0.4, -0.2) is 57.8 Å². The number of ether oxygens (including phenoxy) is 2. The van der Waals surface area contributed by atoms with Gasteiger partial charge in [-0.15, -0.1) is 0 Å². The molecular formula is C26H32FN5O3. The smallest absolute Gasteiger partial charge is 0.407 e. The molecule has 3 unspecified atom stereocenters. The number of hydrogen-bond acceptors (Lipinski definition) is 7. The van der Waals surface area contributed by atoms with Gasteiger partial charge in [0.1, 0.15) is 23.6 Å². The molecule has 1 N–H and O–H groups in total. The van der Waals surface area contributed by atoms with Crippen LogP contribution >= 0.6 is 0 Å². The molecule has 1 aromatic carbocycles. The van der Waals surface area contributed by atoms with E-state index < -0.39 is 11.7 Å². The Balaban J connectivity index is 1.48. The number of carbonyl (C=O) groups excluding carboxylic acids is 1. The number of aromatic nitrogens is 2. The summed E-state index contributed by atoms with van der Waals surface area (Å²) in [4.78, 5) is 23.0. The number of nitrogens with one attached hydrogen (secondary N) is 1. The molecule has 1 aliphatic carbocycles. The van der Waals surface area contributed by atoms with E-state index in [-0.39, 0.29) is 35.6 Å². The first-order chi connectivity index (χ1) is 16.7. The van der Waals surface area contributed by atoms with E-state index in [2.05, 4.69) is 20.2 Å². The van der Waals surface area contributed by atoms with E-state index >= 15 is 0 Å². The summed E-state index contributed by atoms with van der Waals surface area (Å²) in [5.41, 5.74) is 0.762. The number of carbonyl (C=O) groups is 1. The van der Waals surface area contributed by atoms with Gasteiger partial charge in [0.15, 0.2) is 5.69 Å². The lowest BCUT2D eigenvalue weighted by Gasteiger charge is -2.39. The second-order valence-corrected chi connectivity index (χ2v) is 10.3. The average Bonchev–Trinajstić information content (AvgIpc) is 3.22. The Morgan fingerprint density at radius 1 is 1.20 bits per heavy atom. The number of halogens is 1. The summed E-state index contributed by atoms with van der Waals surface area (Å²) in [5.74, 6) is 0.325. The van der Waals surface area contributed by atoms with Gasteiger partial charge in [0, 0.05) is 18.6 Å². The van der Waals surface area contributed by atoms with Crippen molar-refractivity contribution < 1.29 is 18.7 Å². The summed E-state index contributed by atoms with van der Waals surface area (Å²) in [6.45, 7) is 7.14. The van der Waals surface area contributed by atoms with Gasteiger partial charge in [0.05, 0.1) is 12.4 Å². The Labute approximate surface area is 205 Å². The lowest BCUT2D eigenvalue weighted by atomic mass is 9.97. The summed E-state index contributed by atoms with van der Waals surface area (Å²) in [5, 5.41) is 12.0. The van der Waals surface area contributed by atoms with Crippen molar-refractivity contribution in [2.45, 2.75) is 76.2 Å². The Morgan fingerprint density at radius 2 is 1.97 bits per heavy atom. The van der Waals surface area contributed by atoms with Gasteiger partial charge in [-0.25, -0.2) is 19.2 Å². The van der Waals surface area contributed by atoms with Gasteiger partial charge >= 0.3 is 6.09 Å². The second kappa shape index (κ2) is 10.6. The molecule has 4 atom stereocenters. The van der Waals surface area contributed by atoms with Crippen LogP contribution in [0.3, 0.4) is 0 Å². The molecular weight excluding hydrogens is 449 g/mol. The Hall–Kier alpha value is -3.25. The van der Waals surface area contributed by atoms with E-state index in [0.29, 0.717) is 12.4 Å². The highest BCUT2D eigenvalue weighted by atomic mass is 19.1. The van der Waals surface area contributed by atoms with Crippen LogP contribution in [0.1, 0.15) is 63.6 Å². The van der Waals surface area contributed by atoms with Crippen LogP contribution in [0.4, 0.5) is 9.18 Å². The van der Waals surface area contributed by atoms with E-state index in [0.717, 1.165) is 37.8 Å². The maximum Gasteiger partial charge on any atom is 0.407 e. The summed E-state index contributed by atoms with van der Waals surface area (Å²) >= 11 is 0. The third-order valence-electron chi connectivity index (χ3n) is 6.47. The Kier molecular flexibility index (Phi) is 7.51. The SMILES string of the molecule is CC(C)(C)OC(=O)N[C@@H]1CCCN(C2CC(c3ccc(F)cc3)CC2Oc2cnc(C#N)cn2)C1. The molecule has 35 heavy (non-hydrogen) atoms. The lowest BCUT2D eigenvalue weighted by molar-refractivity contribution is 0.0383. The molecule has 1 aromatic heterocycles. The molecule has 2 fully saturated rings. The van der Waals surface area contributed by atoms with Crippen molar-refractivity contribution in [2.24, 2.45) is 0 Å². The molecule has 1 amide bonds. The summed E-state index contributed by atoms with van der Waals surface area (Å²) in [7, 11) is 0. The Bertz CT molecular complexity index is 1050. The van der Waals surface area contributed by atoms with Crippen molar-refractivity contribution in [3.8, 4) is 11.9 Å². The lowest BCUT2D eigenvalue weighted by Crippen LogP contribution is -2.54. The van der Waals surface area contributed by atoms with Gasteiger partial charge in [-0.2, -0.15) is 5.26 Å². The molecule has 9 heteroatoms. The zero-order valence-corrected chi connectivity index (χ0v) is 20.4. The van der Waals surface area contributed by atoms with E-state index in [1.54, 1.807) is 0 Å². The monoisotopic (exact) mass is 481 g/mol. The standard InChI is InChI=1S/C26H32FN5O3/c1-26(2,3)35-25(33)31-20-5-4-10-32(16-20)22-11-18(17-6-8-19(27)9-7-17)12-23(22)34-24-15-29-21(13-28)14-30-24/h6-9,14-15,18,20,22-23H,4-5,10-12,16H2,1-3H3,(H,31,33)/t18?,20-,22?,23?/m1/s1. The minimum atomic E-state index is -0.548. The number of amides is 1. The topological polar surface area (TPSA) is 100 Å². The number of likely N-dealkylation sites (tertiary alicyclic amines) is 1. The van der Waals surface area contributed by atoms with Gasteiger partial charge in [-0.05, 0) is 76.6 Å². The van der Waals surface area contributed by atoms with Crippen LogP contribution in [0.25, 0.3) is 0 Å². The predicted molar refractivity (Wildman–Crippen MR) is 127 cm³/mol. The first kappa shape index (κ1) is 24.9. The molecule has 0 radical (unpaired) electrons. The summed E-state index contributed by atoms with van der Waals surface area (Å²) in [6, 6.07) is 8.70. The molecule has 2 aromatic rings. The molecule has 0 spiro atoms. The van der Waals surface area contributed by atoms with Gasteiger partial charge in [-0.3, -0.25) is 4.90 Å². The fourth-order valence-corrected chi connectivity index (χ4v) is 4.98. The van der Waals surface area contributed by atoms with Crippen molar-refractivity contribution in [2.75, 3.05) is 13.1 Å². The van der Waals surface area contributed by atoms with Gasteiger partial charge in [0.25, 0.3) is 0 Å². The molecule has 8 nitrogen and oxygen atoms in total. The molecule has 0 bridgehead atoms. The normalized spacial score (nSPS) is 25.0. The van der Waals surface area contributed by atoms with Crippen molar-refractivity contribution in [3.05, 3.63) is 53.7 Å². The van der Waals surface area contributed by atoms with Crippen LogP contribution < -0.4 is 10.1 Å². The Morgan fingerprint density at radius 3 is 2.63 bits per heavy atom. The van der Waals surface area contributed by atoms with E-state index in [1.165, 1.54) is 24.5 Å². The predicted octanol–water partition coefficient (Wildman–Crippen LogP) is 4.17. The number of rotatable bonds is 5. The van der Waals surface area contributed by atoms with Crippen molar-refractivity contribution >= 4 is 6.09 Å². The fraction of sp³-hybridized carbons (Fsp3) is 0.538. The number of alkyl carbamates (subject to hydrolysis) is 1. The minimum Gasteiger partial charge on any atom is -0.472 e. The first-order valence-electron chi connectivity index (χ1n) is 12.1. The van der Waals surface area contributed by atoms with Crippen LogP contribution in [0.2, 0.25) is 0 Å². The quantitative estimate of drug-likeness (QED) is 0.684. The van der Waals surface area contributed by atoms with E-state index in [1.807, 2.05) is 39.0 Å². The maximum atomic E-state index is 13.5. The summed E-state index contributed by atoms with van der Waals surface area (Å²) in [6.07, 6.45) is 5.74. The molecule has 2 heterocycles. The molecule has 4 rings (SSSR count). The number of benzene rings is 1. The van der Waals surface area contributed by atoms with Crippen molar-refractivity contribution in [1.29, 1.82) is 5.26 Å². The number of nitriles is 1. The number of piperidine rings is 1. The fourth-order valence-electron chi connectivity index (χ4n) is 4.98. The third-order valence-corrected chi connectivity index (χ3v) is 6.47. The maximum absolute atomic E-state index is 13.5. The van der Waals surface area contributed by atoms with Crippen molar-refractivity contribution in [3.63, 3.8) is 0 Å². The summed E-state index contributed by atoms with van der Waals surface area (Å²) < 4.78 is 25.2. The molecule has 1 saturated heterocycles. The molecule has 186 valence electrons. The van der Waals surface area contributed by atoms with Gasteiger partial charge < -0.3 is 14.8 Å². The van der Waals surface area contributed by atoms with Crippen LogP contribution in [0, 0.1) is 17.1 Å². The highest BCUT2D eigenvalue weighted by Crippen LogP contribution is 2.39. The van der Waals surface area contributed by atoms with Gasteiger partial charge in [-0.1, -0.05) is 12.1 Å². The largest absolute Gasteiger partial charge is 0.472 e. The average molecular weight is 482 g/mol. The van der Waals surface area contributed by atoms with E-state index in [9.17, 15) is 9.18 Å². The van der Waals surface area contributed by atoms with Crippen LogP contribution in [0.15, 0.2) is 36.7 Å². The zero-order chi connectivity index (χ0) is 25.0. The highest BCUT2D eigenvalue weighted by Gasteiger charge is 2.42. The first-order valence-corrected chi connectivity index (χ1v) is 12.1. The highest BCUT2D eigenvalue weighted by molar-refractivity contribution is 5.68. The third kappa shape index (κ3) is 6.67. The van der Waals surface area contributed by atoms with Crippen LogP contribution in [0.5, 0.6) is 5.88 Å². The zero-order valence-electron chi connectivity index (χ0n) is 20.4. The molecule has 1 saturated carbocycles. The molecule has 2 aliphatic rings. The number of nitrogens with zero attached hydrogens (tertiary/aromatic N) is 4. The molecule has 1 aliphatic heterocycles. The minimum absolute atomic E-state index is 0.0150. The van der Waals surface area contributed by atoms with Crippen molar-refractivity contribution in [1.82, 2.24) is 20.2 Å². The second-order valence-electron chi connectivity index (χ2n) is 10.3. The number of hydrogen-bond donors (Lipinski definition) is 1. The van der Waals surface area contributed by atoms with Gasteiger partial charge in [0.2, 0.25) is 5.88 Å².